The fraction of sp³-hybridized carbons (Fsp3) is 0.0588. The molecule has 0 radical (unpaired) electrons. The van der Waals surface area contributed by atoms with Gasteiger partial charge in [-0.3, -0.25) is 5.73 Å². The molecule has 3 heteroatoms. The number of hydrogen-bond donors (Lipinski definition) is 1. The summed E-state index contributed by atoms with van der Waals surface area (Å²) >= 11 is 0. The van der Waals surface area contributed by atoms with Crippen LogP contribution in [-0.4, -0.2) is 6.23 Å². The molecule has 1 heterocycles. The first-order valence-electron chi connectivity index (χ1n) is 6.29. The minimum Gasteiger partial charge on any atom is -0.479 e. The fourth-order valence-electron chi connectivity index (χ4n) is 2.31. The average molecular weight is 286 g/mol. The van der Waals surface area contributed by atoms with Crippen molar-refractivity contribution >= 4 is 23.6 Å². The lowest BCUT2D eigenvalue weighted by molar-refractivity contribution is 0.199. The van der Waals surface area contributed by atoms with Gasteiger partial charge in [-0.2, -0.15) is 0 Å². The molecule has 2 nitrogen and oxygen atoms in total. The van der Waals surface area contributed by atoms with Gasteiger partial charge in [0.15, 0.2) is 6.23 Å². The molecule has 0 spiro atoms. The minimum atomic E-state index is -0.428. The third kappa shape index (κ3) is 2.77. The van der Waals surface area contributed by atoms with Crippen molar-refractivity contribution in [3.63, 3.8) is 0 Å². The van der Waals surface area contributed by atoms with Crippen molar-refractivity contribution in [1.29, 1.82) is 0 Å². The highest BCUT2D eigenvalue weighted by Gasteiger charge is 2.20. The van der Waals surface area contributed by atoms with Crippen LogP contribution in [0.1, 0.15) is 11.1 Å². The number of ether oxygens (including phenoxy) is 1. The van der Waals surface area contributed by atoms with Gasteiger partial charge in [-0.25, -0.2) is 0 Å². The van der Waals surface area contributed by atoms with Gasteiger partial charge in [0.05, 0.1) is 6.26 Å². The second-order valence-electron chi connectivity index (χ2n) is 4.42. The highest BCUT2D eigenvalue weighted by atomic mass is 35.5. The average Bonchev–Trinajstić information content (AvgIpc) is 2.49. The van der Waals surface area contributed by atoms with Crippen molar-refractivity contribution in [2.45, 2.75) is 6.23 Å². The molecule has 2 aromatic carbocycles. The third-order valence-electron chi connectivity index (χ3n) is 3.20. The molecule has 3 rings (SSSR count). The maximum Gasteiger partial charge on any atom is 0.174 e. The molecule has 1 atom stereocenters. The summed E-state index contributed by atoms with van der Waals surface area (Å²) in [5.74, 6) is 0. The first kappa shape index (κ1) is 14.4. The maximum absolute atomic E-state index is 6.11. The van der Waals surface area contributed by atoms with Crippen molar-refractivity contribution in [1.82, 2.24) is 0 Å². The van der Waals surface area contributed by atoms with Crippen molar-refractivity contribution in [3.05, 3.63) is 84.1 Å². The number of rotatable bonds is 2. The van der Waals surface area contributed by atoms with Crippen LogP contribution in [0.5, 0.6) is 0 Å². The molecular weight excluding hydrogens is 270 g/mol. The lowest BCUT2D eigenvalue weighted by Gasteiger charge is -2.23. The number of benzene rings is 2. The predicted octanol–water partition coefficient (Wildman–Crippen LogP) is 3.85. The van der Waals surface area contributed by atoms with E-state index in [0.29, 0.717) is 0 Å². The normalized spacial score (nSPS) is 17.4. The molecule has 2 aromatic rings. The number of allylic oxidation sites excluding steroid dienone is 2. The Morgan fingerprint density at radius 2 is 1.35 bits per heavy atom. The van der Waals surface area contributed by atoms with Crippen molar-refractivity contribution in [2.24, 2.45) is 5.73 Å². The Morgan fingerprint density at radius 3 is 1.95 bits per heavy atom. The van der Waals surface area contributed by atoms with Crippen LogP contribution in [0.2, 0.25) is 0 Å². The summed E-state index contributed by atoms with van der Waals surface area (Å²) < 4.78 is 5.44. The zero-order valence-corrected chi connectivity index (χ0v) is 11.7. The second kappa shape index (κ2) is 6.42. The number of halogens is 1. The van der Waals surface area contributed by atoms with Crippen LogP contribution in [0.3, 0.4) is 0 Å². The molecule has 0 aromatic heterocycles. The molecule has 20 heavy (non-hydrogen) atoms. The molecule has 0 saturated carbocycles. The van der Waals surface area contributed by atoms with E-state index in [1.54, 1.807) is 6.26 Å². The van der Waals surface area contributed by atoms with Gasteiger partial charge in [0, 0.05) is 5.57 Å². The number of hydrogen-bond acceptors (Lipinski definition) is 2. The summed E-state index contributed by atoms with van der Waals surface area (Å²) in [5.41, 5.74) is 10.5. The van der Waals surface area contributed by atoms with E-state index in [-0.39, 0.29) is 12.4 Å². The third-order valence-corrected chi connectivity index (χ3v) is 3.20. The highest BCUT2D eigenvalue weighted by Crippen LogP contribution is 2.32. The van der Waals surface area contributed by atoms with Crippen molar-refractivity contribution < 1.29 is 4.74 Å². The van der Waals surface area contributed by atoms with E-state index < -0.39 is 6.23 Å². The highest BCUT2D eigenvalue weighted by molar-refractivity contribution is 5.97. The molecule has 0 amide bonds. The largest absolute Gasteiger partial charge is 0.479 e. The summed E-state index contributed by atoms with van der Waals surface area (Å²) in [6.07, 6.45) is 3.21. The van der Waals surface area contributed by atoms with Crippen molar-refractivity contribution in [2.75, 3.05) is 0 Å². The molecule has 1 unspecified atom stereocenters. The van der Waals surface area contributed by atoms with Gasteiger partial charge in [-0.05, 0) is 22.8 Å². The van der Waals surface area contributed by atoms with Gasteiger partial charge in [0.1, 0.15) is 0 Å². The summed E-state index contributed by atoms with van der Waals surface area (Å²) in [6.45, 7) is 0. The van der Waals surface area contributed by atoms with Crippen molar-refractivity contribution in [3.8, 4) is 0 Å². The van der Waals surface area contributed by atoms with Gasteiger partial charge in [0.25, 0.3) is 0 Å². The van der Waals surface area contributed by atoms with Crippen LogP contribution in [0.25, 0.3) is 11.1 Å². The molecule has 0 saturated heterocycles. The molecule has 1 aliphatic rings. The molecule has 1 aliphatic heterocycles. The van der Waals surface area contributed by atoms with E-state index in [1.165, 1.54) is 0 Å². The topological polar surface area (TPSA) is 35.2 Å². The molecular formula is C17H16ClNO. The molecule has 0 aliphatic carbocycles. The summed E-state index contributed by atoms with van der Waals surface area (Å²) in [7, 11) is 0. The van der Waals surface area contributed by atoms with Crippen LogP contribution in [0.4, 0.5) is 0 Å². The Bertz CT molecular complexity index is 620. The van der Waals surface area contributed by atoms with Gasteiger partial charge in [-0.1, -0.05) is 60.7 Å². The van der Waals surface area contributed by atoms with Crippen LogP contribution >= 0.6 is 12.4 Å². The summed E-state index contributed by atoms with van der Waals surface area (Å²) in [5, 5.41) is 0. The van der Waals surface area contributed by atoms with Crippen LogP contribution in [0, 0.1) is 0 Å². The smallest absolute Gasteiger partial charge is 0.174 e. The summed E-state index contributed by atoms with van der Waals surface area (Å²) in [6, 6.07) is 20.4. The molecule has 0 fully saturated rings. The zero-order valence-electron chi connectivity index (χ0n) is 10.9. The minimum absolute atomic E-state index is 0. The Kier molecular flexibility index (Phi) is 4.61. The van der Waals surface area contributed by atoms with Gasteiger partial charge in [0.2, 0.25) is 0 Å². The van der Waals surface area contributed by atoms with Crippen LogP contribution in [0.15, 0.2) is 73.0 Å². The first-order chi connectivity index (χ1) is 9.36. The van der Waals surface area contributed by atoms with E-state index in [1.807, 2.05) is 42.5 Å². The van der Waals surface area contributed by atoms with E-state index in [4.69, 9.17) is 10.5 Å². The van der Waals surface area contributed by atoms with Crippen LogP contribution < -0.4 is 5.73 Å². The Balaban J connectivity index is 0.00000147. The standard InChI is InChI=1S/C17H15NO.ClH/c18-17-16(14-9-5-2-6-10-14)15(11-12-19-17)13-7-3-1-4-8-13;/h1-12,17H,18H2;1H. The maximum atomic E-state index is 6.11. The predicted molar refractivity (Wildman–Crippen MR) is 85.1 cm³/mol. The Labute approximate surface area is 125 Å². The lowest BCUT2D eigenvalue weighted by Crippen LogP contribution is -2.26. The fourth-order valence-corrected chi connectivity index (χ4v) is 2.31. The van der Waals surface area contributed by atoms with Gasteiger partial charge in [-0.15, -0.1) is 12.4 Å². The molecule has 2 N–H and O–H groups in total. The molecule has 0 bridgehead atoms. The van der Waals surface area contributed by atoms with E-state index in [2.05, 4.69) is 24.3 Å². The van der Waals surface area contributed by atoms with E-state index in [9.17, 15) is 0 Å². The van der Waals surface area contributed by atoms with E-state index >= 15 is 0 Å². The van der Waals surface area contributed by atoms with E-state index in [0.717, 1.165) is 22.3 Å². The van der Waals surface area contributed by atoms with Gasteiger partial charge >= 0.3 is 0 Å². The second-order valence-corrected chi connectivity index (χ2v) is 4.42. The first-order valence-corrected chi connectivity index (χ1v) is 6.29. The van der Waals surface area contributed by atoms with Gasteiger partial charge < -0.3 is 4.74 Å². The SMILES string of the molecule is Cl.NC1OC=CC(c2ccccc2)=C1c1ccccc1. The lowest BCUT2D eigenvalue weighted by atomic mass is 9.92. The summed E-state index contributed by atoms with van der Waals surface area (Å²) in [4.78, 5) is 0. The molecule has 102 valence electrons. The van der Waals surface area contributed by atoms with Crippen LogP contribution in [-0.2, 0) is 4.74 Å². The Hall–Kier alpha value is -2.03. The number of nitrogens with two attached hydrogens (primary N) is 1. The quantitative estimate of drug-likeness (QED) is 0.910. The Morgan fingerprint density at radius 1 is 0.800 bits per heavy atom. The zero-order chi connectivity index (χ0) is 13.1. The monoisotopic (exact) mass is 285 g/mol.